The first-order valence-corrected chi connectivity index (χ1v) is 22.2. The Morgan fingerprint density at radius 3 is 0.710 bits per heavy atom. The van der Waals surface area contributed by atoms with Gasteiger partial charge < -0.3 is 31.2 Å². The molecule has 4 amide bonds. The predicted molar refractivity (Wildman–Crippen MR) is 252 cm³/mol. The summed E-state index contributed by atoms with van der Waals surface area (Å²) >= 11 is 0. The van der Waals surface area contributed by atoms with E-state index in [2.05, 4.69) is 58.9 Å². The third-order valence-electron chi connectivity index (χ3n) is 10.4. The van der Waals surface area contributed by atoms with Gasteiger partial charge in [-0.3, -0.25) is 19.2 Å². The topological polar surface area (TPSA) is 148 Å². The molecule has 4 aromatic carbocycles. The van der Waals surface area contributed by atoms with Crippen molar-refractivity contribution in [3.63, 3.8) is 0 Å². The van der Waals surface area contributed by atoms with Gasteiger partial charge in [0.2, 0.25) is 0 Å². The molecule has 0 bridgehead atoms. The van der Waals surface area contributed by atoms with E-state index in [9.17, 15) is 19.2 Å². The van der Waals surface area contributed by atoms with Gasteiger partial charge >= 0.3 is 0 Å². The molecule has 6 rings (SSSR count). The highest BCUT2D eigenvalue weighted by molar-refractivity contribution is 6.12. The minimum atomic E-state index is -0.197. The fourth-order valence-corrected chi connectivity index (χ4v) is 7.12. The summed E-state index contributed by atoms with van der Waals surface area (Å²) in [6, 6.07) is 39.1. The van der Waals surface area contributed by atoms with Crippen LogP contribution in [0.5, 0.6) is 0 Å². The second-order valence-electron chi connectivity index (χ2n) is 15.2. The van der Waals surface area contributed by atoms with Crippen molar-refractivity contribution in [3.8, 4) is 44.5 Å². The Bertz CT molecular complexity index is 1990. The average molecular weight is 835 g/mol. The summed E-state index contributed by atoms with van der Waals surface area (Å²) < 4.78 is 0. The van der Waals surface area contributed by atoms with Crippen molar-refractivity contribution in [1.29, 1.82) is 0 Å². The summed E-state index contributed by atoms with van der Waals surface area (Å²) in [6.45, 7) is 10.7. The van der Waals surface area contributed by atoms with E-state index in [1.165, 1.54) is 0 Å². The lowest BCUT2D eigenvalue weighted by Gasteiger charge is -2.10. The molecule has 0 spiro atoms. The molecule has 10 nitrogen and oxygen atoms in total. The highest BCUT2D eigenvalue weighted by atomic mass is 16.2. The summed E-state index contributed by atoms with van der Waals surface area (Å²) in [5, 5.41) is 12.0. The van der Waals surface area contributed by atoms with Crippen LogP contribution in [0, 0.1) is 0 Å². The van der Waals surface area contributed by atoms with Gasteiger partial charge in [-0.1, -0.05) is 175 Å². The molecule has 0 aliphatic rings. The molecule has 0 saturated carbocycles. The van der Waals surface area contributed by atoms with E-state index in [1.54, 1.807) is 0 Å². The number of H-pyrrole nitrogens is 2. The standard InChI is InChI=1S/2C26H31N3O2/c2*1-3-5-17-27-25(30)23-21(19-13-9-7-10-14-19)22(20-15-11-8-12-16-20)24(29-23)26(31)28-18-6-4-2/h2*7-16,29H,3-6,17-18H2,1-2H3,(H,27,30)(H,28,31). The molecule has 6 aromatic rings. The third kappa shape index (κ3) is 12.2. The van der Waals surface area contributed by atoms with Crippen molar-refractivity contribution < 1.29 is 19.2 Å². The third-order valence-corrected chi connectivity index (χ3v) is 10.4. The summed E-state index contributed by atoms with van der Waals surface area (Å²) in [5.74, 6) is -0.789. The first-order chi connectivity index (χ1) is 30.3. The molecule has 62 heavy (non-hydrogen) atoms. The number of amides is 4. The number of carbonyl (C=O) groups excluding carboxylic acids is 4. The number of rotatable bonds is 20. The zero-order chi connectivity index (χ0) is 44.1. The lowest BCUT2D eigenvalue weighted by molar-refractivity contribution is 0.0931. The van der Waals surface area contributed by atoms with Crippen molar-refractivity contribution in [1.82, 2.24) is 31.2 Å². The molecule has 0 aliphatic heterocycles. The van der Waals surface area contributed by atoms with Crippen molar-refractivity contribution >= 4 is 23.6 Å². The van der Waals surface area contributed by atoms with Gasteiger partial charge in [-0.2, -0.15) is 0 Å². The molecule has 10 heteroatoms. The number of unbranched alkanes of at least 4 members (excludes halogenated alkanes) is 4. The molecule has 0 fully saturated rings. The van der Waals surface area contributed by atoms with E-state index in [0.717, 1.165) is 95.9 Å². The van der Waals surface area contributed by atoms with E-state index in [0.29, 0.717) is 49.0 Å². The molecular weight excluding hydrogens is 773 g/mol. The molecule has 0 unspecified atom stereocenters. The zero-order valence-electron chi connectivity index (χ0n) is 36.7. The molecule has 324 valence electrons. The first kappa shape index (κ1) is 46.4. The lowest BCUT2D eigenvalue weighted by atomic mass is 9.94. The maximum Gasteiger partial charge on any atom is 0.268 e. The van der Waals surface area contributed by atoms with Gasteiger partial charge in [-0.05, 0) is 47.9 Å². The minimum Gasteiger partial charge on any atom is -0.351 e. The molecule has 0 aliphatic carbocycles. The van der Waals surface area contributed by atoms with Gasteiger partial charge in [0.05, 0.1) is 0 Å². The summed E-state index contributed by atoms with van der Waals surface area (Å²) in [6.07, 6.45) is 7.61. The van der Waals surface area contributed by atoms with E-state index < -0.39 is 0 Å². The molecule has 0 atom stereocenters. The van der Waals surface area contributed by atoms with Crippen LogP contribution in [0.15, 0.2) is 121 Å². The maximum absolute atomic E-state index is 13.1. The van der Waals surface area contributed by atoms with Crippen molar-refractivity contribution in [3.05, 3.63) is 144 Å². The lowest BCUT2D eigenvalue weighted by Crippen LogP contribution is -2.27. The Balaban J connectivity index is 0.000000234. The first-order valence-electron chi connectivity index (χ1n) is 22.2. The Morgan fingerprint density at radius 2 is 0.532 bits per heavy atom. The van der Waals surface area contributed by atoms with Crippen LogP contribution in [0.2, 0.25) is 0 Å². The maximum atomic E-state index is 13.1. The normalized spacial score (nSPS) is 10.6. The van der Waals surface area contributed by atoms with Crippen LogP contribution in [0.4, 0.5) is 0 Å². The van der Waals surface area contributed by atoms with E-state index in [1.807, 2.05) is 121 Å². The Kier molecular flexibility index (Phi) is 18.4. The number of hydrogen-bond donors (Lipinski definition) is 6. The number of hydrogen-bond acceptors (Lipinski definition) is 4. The van der Waals surface area contributed by atoms with Crippen molar-refractivity contribution in [2.75, 3.05) is 26.2 Å². The molecular formula is C52H62N6O4. The van der Waals surface area contributed by atoms with Gasteiger partial charge in [0, 0.05) is 48.4 Å². The monoisotopic (exact) mass is 834 g/mol. The number of benzene rings is 4. The van der Waals surface area contributed by atoms with Crippen LogP contribution < -0.4 is 21.3 Å². The summed E-state index contributed by atoms with van der Waals surface area (Å²) in [4.78, 5) is 58.8. The highest BCUT2D eigenvalue weighted by Crippen LogP contribution is 2.39. The van der Waals surface area contributed by atoms with Gasteiger partial charge in [0.15, 0.2) is 0 Å². The Hall–Kier alpha value is -6.68. The van der Waals surface area contributed by atoms with E-state index in [-0.39, 0.29) is 23.6 Å². The van der Waals surface area contributed by atoms with E-state index >= 15 is 0 Å². The molecule has 2 aromatic heterocycles. The highest BCUT2D eigenvalue weighted by Gasteiger charge is 2.29. The molecule has 0 radical (unpaired) electrons. The average Bonchev–Trinajstić information content (AvgIpc) is 3.92. The smallest absolute Gasteiger partial charge is 0.268 e. The van der Waals surface area contributed by atoms with Crippen LogP contribution in [-0.2, 0) is 0 Å². The number of aromatic nitrogens is 2. The van der Waals surface area contributed by atoms with Gasteiger partial charge in [0.25, 0.3) is 23.6 Å². The number of carbonyl (C=O) groups is 4. The fraction of sp³-hybridized carbons (Fsp3) is 0.308. The predicted octanol–water partition coefficient (Wildman–Crippen LogP) is 10.8. The van der Waals surface area contributed by atoms with Crippen molar-refractivity contribution in [2.45, 2.75) is 79.1 Å². The van der Waals surface area contributed by atoms with Crippen LogP contribution in [0.1, 0.15) is 121 Å². The second kappa shape index (κ2) is 24.5. The molecule has 0 saturated heterocycles. The van der Waals surface area contributed by atoms with Crippen LogP contribution in [0.3, 0.4) is 0 Å². The van der Waals surface area contributed by atoms with Crippen molar-refractivity contribution in [2.24, 2.45) is 0 Å². The summed E-state index contributed by atoms with van der Waals surface area (Å²) in [5.41, 5.74) is 8.26. The Morgan fingerprint density at radius 1 is 0.339 bits per heavy atom. The minimum absolute atomic E-state index is 0.197. The number of nitrogens with one attached hydrogen (secondary N) is 6. The molecule has 2 heterocycles. The SMILES string of the molecule is CCCCNC(=O)c1[nH]c(C(=O)NCCCC)c(-c2ccccc2)c1-c1ccccc1.CCCCNC(=O)c1[nH]c(C(=O)NCCCC)c(-c2ccccc2)c1-c1ccccc1. The van der Waals surface area contributed by atoms with Crippen LogP contribution in [0.25, 0.3) is 44.5 Å². The largest absolute Gasteiger partial charge is 0.351 e. The molecule has 6 N–H and O–H groups in total. The van der Waals surface area contributed by atoms with Gasteiger partial charge in [-0.15, -0.1) is 0 Å². The fourth-order valence-electron chi connectivity index (χ4n) is 7.12. The van der Waals surface area contributed by atoms with E-state index in [4.69, 9.17) is 0 Å². The summed E-state index contributed by atoms with van der Waals surface area (Å²) in [7, 11) is 0. The van der Waals surface area contributed by atoms with Crippen LogP contribution >= 0.6 is 0 Å². The zero-order valence-corrected chi connectivity index (χ0v) is 36.7. The van der Waals surface area contributed by atoms with Gasteiger partial charge in [0.1, 0.15) is 22.8 Å². The quantitative estimate of drug-likeness (QED) is 0.0425. The number of aromatic amines is 2. The van der Waals surface area contributed by atoms with Gasteiger partial charge in [-0.25, -0.2) is 0 Å². The van der Waals surface area contributed by atoms with Crippen LogP contribution in [-0.4, -0.2) is 59.8 Å². The Labute approximate surface area is 366 Å². The second-order valence-corrected chi connectivity index (χ2v) is 15.2.